The summed E-state index contributed by atoms with van der Waals surface area (Å²) in [5.41, 5.74) is 1.91. The molecule has 13 nitrogen and oxygen atoms in total. The maximum absolute atomic E-state index is 13.5. The summed E-state index contributed by atoms with van der Waals surface area (Å²) in [6, 6.07) is 15.2. The molecule has 1 saturated heterocycles. The number of cyclic esters (lactones) is 1. The van der Waals surface area contributed by atoms with E-state index in [1.54, 1.807) is 13.8 Å². The van der Waals surface area contributed by atoms with E-state index in [1.807, 2.05) is 62.4 Å². The van der Waals surface area contributed by atoms with E-state index in [9.17, 15) is 14.4 Å². The summed E-state index contributed by atoms with van der Waals surface area (Å²) in [6.45, 7) is 6.68. The largest absolute Gasteiger partial charge is 0.493 e. The number of ether oxygens (including phenoxy) is 8. The Morgan fingerprint density at radius 2 is 1.62 bits per heavy atom. The maximum atomic E-state index is 13.5. The van der Waals surface area contributed by atoms with Crippen LogP contribution in [0.3, 0.4) is 0 Å². The number of hydrogen-bond donors (Lipinski definition) is 1. The Labute approximate surface area is 273 Å². The van der Waals surface area contributed by atoms with Crippen LogP contribution in [0.2, 0.25) is 0 Å². The highest BCUT2D eigenvalue weighted by Crippen LogP contribution is 2.30. The fraction of sp³-hybridized carbons (Fsp3) is 0.412. The first kappa shape index (κ1) is 35.0. The SMILES string of the molecule is CCOCC(=O)OCOc1c(OC)ccnc1C(=O)N[C@H]1COC[C@H](Oc2ccc(C)cc2)[C@@H](Oc2ccc(C)cc2)[C@H](C)OC1=O. The number of nitrogens with zero attached hydrogens (tertiary/aromatic N) is 1. The maximum Gasteiger partial charge on any atom is 0.334 e. The average Bonchev–Trinajstić information content (AvgIpc) is 3.11. The van der Waals surface area contributed by atoms with Crippen molar-refractivity contribution in [1.82, 2.24) is 10.3 Å². The number of carbonyl (C=O) groups is 3. The van der Waals surface area contributed by atoms with E-state index in [1.165, 1.54) is 19.4 Å². The minimum Gasteiger partial charge on any atom is -0.493 e. The zero-order valence-corrected chi connectivity index (χ0v) is 27.1. The first-order chi connectivity index (χ1) is 22.7. The van der Waals surface area contributed by atoms with Crippen molar-refractivity contribution in [3.05, 3.63) is 77.6 Å². The Hall–Kier alpha value is -4.88. The Balaban J connectivity index is 1.51. The molecule has 0 radical (unpaired) electrons. The van der Waals surface area contributed by atoms with Crippen LogP contribution in [0.5, 0.6) is 23.0 Å². The fourth-order valence-electron chi connectivity index (χ4n) is 4.54. The lowest BCUT2D eigenvalue weighted by Crippen LogP contribution is -2.48. The van der Waals surface area contributed by atoms with Crippen molar-refractivity contribution < 1.29 is 52.3 Å². The number of aromatic nitrogens is 1. The summed E-state index contributed by atoms with van der Waals surface area (Å²) in [6.07, 6.45) is -0.952. The third kappa shape index (κ3) is 10.1. The first-order valence-electron chi connectivity index (χ1n) is 15.1. The van der Waals surface area contributed by atoms with Crippen LogP contribution in [0.25, 0.3) is 0 Å². The van der Waals surface area contributed by atoms with Crippen molar-refractivity contribution in [1.29, 1.82) is 0 Å². The molecule has 0 aliphatic carbocycles. The van der Waals surface area contributed by atoms with Gasteiger partial charge in [-0.2, -0.15) is 0 Å². The second kappa shape index (κ2) is 17.2. The smallest absolute Gasteiger partial charge is 0.334 e. The molecular weight excluding hydrogens is 612 g/mol. The summed E-state index contributed by atoms with van der Waals surface area (Å²) in [4.78, 5) is 42.8. The van der Waals surface area contributed by atoms with Gasteiger partial charge in [-0.05, 0) is 52.0 Å². The van der Waals surface area contributed by atoms with Crippen LogP contribution in [0, 0.1) is 13.8 Å². The highest BCUT2D eigenvalue weighted by atomic mass is 16.7. The number of methoxy groups -OCH3 is 1. The molecule has 2 heterocycles. The lowest BCUT2D eigenvalue weighted by atomic mass is 10.1. The zero-order valence-electron chi connectivity index (χ0n) is 27.1. The van der Waals surface area contributed by atoms with E-state index in [-0.39, 0.29) is 37.0 Å². The van der Waals surface area contributed by atoms with E-state index in [0.717, 1.165) is 11.1 Å². The van der Waals surface area contributed by atoms with Gasteiger partial charge in [0.2, 0.25) is 6.79 Å². The Bertz CT molecular complexity index is 1480. The van der Waals surface area contributed by atoms with Crippen LogP contribution in [-0.2, 0) is 28.5 Å². The summed E-state index contributed by atoms with van der Waals surface area (Å²) in [5.74, 6) is -0.989. The van der Waals surface area contributed by atoms with Crippen molar-refractivity contribution in [3.8, 4) is 23.0 Å². The van der Waals surface area contributed by atoms with Crippen LogP contribution in [0.15, 0.2) is 60.8 Å². The Kier molecular flexibility index (Phi) is 12.8. The number of carbonyl (C=O) groups excluding carboxylic acids is 3. The van der Waals surface area contributed by atoms with E-state index >= 15 is 0 Å². The summed E-state index contributed by atoms with van der Waals surface area (Å²) < 4.78 is 45.3. The van der Waals surface area contributed by atoms with Gasteiger partial charge in [-0.25, -0.2) is 14.6 Å². The van der Waals surface area contributed by atoms with E-state index in [4.69, 9.17) is 37.9 Å². The van der Waals surface area contributed by atoms with Gasteiger partial charge in [-0.3, -0.25) is 4.79 Å². The summed E-state index contributed by atoms with van der Waals surface area (Å²) >= 11 is 0. The summed E-state index contributed by atoms with van der Waals surface area (Å²) in [5, 5.41) is 2.62. The Morgan fingerprint density at radius 3 is 2.26 bits per heavy atom. The van der Waals surface area contributed by atoms with Gasteiger partial charge in [0.1, 0.15) is 24.2 Å². The first-order valence-corrected chi connectivity index (χ1v) is 15.1. The normalized spacial score (nSPS) is 19.6. The summed E-state index contributed by atoms with van der Waals surface area (Å²) in [7, 11) is 1.38. The van der Waals surface area contributed by atoms with Crippen LogP contribution >= 0.6 is 0 Å². The van der Waals surface area contributed by atoms with Crippen LogP contribution in [-0.4, -0.2) is 87.5 Å². The van der Waals surface area contributed by atoms with E-state index in [2.05, 4.69) is 10.3 Å². The molecule has 0 bridgehead atoms. The van der Waals surface area contributed by atoms with Gasteiger partial charge in [0.15, 0.2) is 35.4 Å². The van der Waals surface area contributed by atoms with Gasteiger partial charge in [0.05, 0.1) is 20.3 Å². The van der Waals surface area contributed by atoms with E-state index in [0.29, 0.717) is 18.1 Å². The molecule has 47 heavy (non-hydrogen) atoms. The molecule has 1 aliphatic heterocycles. The minimum absolute atomic E-state index is 0.0106. The molecule has 1 fully saturated rings. The molecule has 3 aromatic rings. The van der Waals surface area contributed by atoms with Gasteiger partial charge in [0, 0.05) is 18.9 Å². The van der Waals surface area contributed by atoms with Gasteiger partial charge < -0.3 is 43.2 Å². The monoisotopic (exact) mass is 652 g/mol. The molecule has 1 N–H and O–H groups in total. The van der Waals surface area contributed by atoms with Crippen LogP contribution in [0.1, 0.15) is 35.5 Å². The molecule has 1 amide bonds. The molecule has 0 saturated carbocycles. The number of esters is 2. The predicted octanol–water partition coefficient (Wildman–Crippen LogP) is 3.58. The fourth-order valence-corrected chi connectivity index (χ4v) is 4.54. The third-order valence-corrected chi connectivity index (χ3v) is 7.04. The molecule has 2 aromatic carbocycles. The molecule has 0 spiro atoms. The number of pyridine rings is 1. The molecule has 252 valence electrons. The minimum atomic E-state index is -1.23. The second-order valence-electron chi connectivity index (χ2n) is 10.7. The highest BCUT2D eigenvalue weighted by Gasteiger charge is 2.38. The molecule has 1 aliphatic rings. The van der Waals surface area contributed by atoms with Gasteiger partial charge in [0.25, 0.3) is 5.91 Å². The molecule has 0 unspecified atom stereocenters. The predicted molar refractivity (Wildman–Crippen MR) is 168 cm³/mol. The number of rotatable bonds is 13. The van der Waals surface area contributed by atoms with Crippen molar-refractivity contribution in [3.63, 3.8) is 0 Å². The van der Waals surface area contributed by atoms with Crippen molar-refractivity contribution in [2.24, 2.45) is 0 Å². The molecule has 4 rings (SSSR count). The Morgan fingerprint density at radius 1 is 0.957 bits per heavy atom. The topological polar surface area (TPSA) is 150 Å². The van der Waals surface area contributed by atoms with Crippen LogP contribution in [0.4, 0.5) is 0 Å². The number of aryl methyl sites for hydroxylation is 2. The van der Waals surface area contributed by atoms with Gasteiger partial charge in [-0.1, -0.05) is 35.4 Å². The standard InChI is InChI=1S/C34H40N2O11/c1-6-41-19-29(37)43-20-44-32-27(40-5)15-16-35-30(32)33(38)36-26-17-42-18-28(46-24-11-7-21(2)8-12-24)31(23(4)45-34(26)39)47-25-13-9-22(3)10-14-25/h7-16,23,26,28,31H,6,17-20H2,1-5H3,(H,36,38)/t23-,26-,28-,31-/m0/s1. The molecule has 4 atom stereocenters. The number of hydrogen-bond acceptors (Lipinski definition) is 12. The third-order valence-electron chi connectivity index (χ3n) is 7.04. The second-order valence-corrected chi connectivity index (χ2v) is 10.7. The highest BCUT2D eigenvalue weighted by molar-refractivity contribution is 5.98. The van der Waals surface area contributed by atoms with Gasteiger partial charge in [-0.15, -0.1) is 0 Å². The van der Waals surface area contributed by atoms with Crippen molar-refractivity contribution in [2.75, 3.05) is 40.3 Å². The van der Waals surface area contributed by atoms with Gasteiger partial charge >= 0.3 is 11.9 Å². The zero-order chi connectivity index (χ0) is 33.8. The number of amides is 1. The van der Waals surface area contributed by atoms with Crippen molar-refractivity contribution >= 4 is 17.8 Å². The van der Waals surface area contributed by atoms with Crippen LogP contribution < -0.4 is 24.3 Å². The lowest BCUT2D eigenvalue weighted by Gasteiger charge is -2.31. The molecule has 13 heteroatoms. The quantitative estimate of drug-likeness (QED) is 0.212. The van der Waals surface area contributed by atoms with E-state index < -0.39 is 49.0 Å². The number of benzene rings is 2. The molecular formula is C34H40N2O11. The lowest BCUT2D eigenvalue weighted by molar-refractivity contribution is -0.157. The molecule has 1 aromatic heterocycles. The average molecular weight is 653 g/mol. The van der Waals surface area contributed by atoms with Crippen molar-refractivity contribution in [2.45, 2.75) is 52.0 Å². The number of nitrogens with one attached hydrogen (secondary N) is 1.